The third kappa shape index (κ3) is 2.38. The summed E-state index contributed by atoms with van der Waals surface area (Å²) in [6.07, 6.45) is 4.03. The predicted octanol–water partition coefficient (Wildman–Crippen LogP) is 1.35. The molecular formula is C12H21NO3. The van der Waals surface area contributed by atoms with Crippen LogP contribution in [0.1, 0.15) is 32.6 Å². The number of likely N-dealkylation sites (tertiary alicyclic amines) is 1. The van der Waals surface area contributed by atoms with Gasteiger partial charge in [0.25, 0.3) is 0 Å². The lowest BCUT2D eigenvalue weighted by Crippen LogP contribution is -2.52. The molecule has 2 aliphatic heterocycles. The minimum atomic E-state index is -0.658. The molecule has 2 saturated heterocycles. The second-order valence-electron chi connectivity index (χ2n) is 5.31. The molecular weight excluding hydrogens is 206 g/mol. The molecule has 0 aromatic carbocycles. The highest BCUT2D eigenvalue weighted by Gasteiger charge is 2.39. The summed E-state index contributed by atoms with van der Waals surface area (Å²) in [6.45, 7) is 5.20. The lowest BCUT2D eigenvalue weighted by Gasteiger charge is -2.42. The molecule has 2 heterocycles. The molecule has 0 bridgehead atoms. The first kappa shape index (κ1) is 11.9. The van der Waals surface area contributed by atoms with Crippen LogP contribution < -0.4 is 0 Å². The molecule has 2 fully saturated rings. The van der Waals surface area contributed by atoms with Gasteiger partial charge in [-0.05, 0) is 39.2 Å². The standard InChI is InChI=1S/C12H21NO3/c1-12(11(14)15)5-3-6-13(9-12)10-4-2-7-16-8-10/h10H,2-9H2,1H3,(H,14,15). The first-order valence-corrected chi connectivity index (χ1v) is 6.17. The number of carbonyl (C=O) groups is 1. The third-order valence-electron chi connectivity index (χ3n) is 3.89. The maximum Gasteiger partial charge on any atom is 0.310 e. The highest BCUT2D eigenvalue weighted by Crippen LogP contribution is 2.31. The first-order valence-electron chi connectivity index (χ1n) is 6.17. The number of carboxylic acid groups (broad SMARTS) is 1. The van der Waals surface area contributed by atoms with Crippen LogP contribution in [0.5, 0.6) is 0 Å². The molecule has 4 heteroatoms. The van der Waals surface area contributed by atoms with Crippen molar-refractivity contribution in [1.82, 2.24) is 4.90 Å². The van der Waals surface area contributed by atoms with Gasteiger partial charge in [0, 0.05) is 19.2 Å². The summed E-state index contributed by atoms with van der Waals surface area (Å²) in [4.78, 5) is 13.6. The van der Waals surface area contributed by atoms with Crippen molar-refractivity contribution in [3.63, 3.8) is 0 Å². The maximum absolute atomic E-state index is 11.2. The monoisotopic (exact) mass is 227 g/mol. The Morgan fingerprint density at radius 2 is 2.31 bits per heavy atom. The van der Waals surface area contributed by atoms with Gasteiger partial charge in [-0.15, -0.1) is 0 Å². The molecule has 2 unspecified atom stereocenters. The summed E-state index contributed by atoms with van der Waals surface area (Å²) in [6, 6.07) is 0.438. The van der Waals surface area contributed by atoms with E-state index in [0.29, 0.717) is 12.6 Å². The molecule has 2 rings (SSSR count). The molecule has 0 saturated carbocycles. The van der Waals surface area contributed by atoms with E-state index in [4.69, 9.17) is 4.74 Å². The summed E-state index contributed by atoms with van der Waals surface area (Å²) in [5.74, 6) is -0.658. The van der Waals surface area contributed by atoms with Crippen molar-refractivity contribution in [2.75, 3.05) is 26.3 Å². The molecule has 0 aromatic heterocycles. The quantitative estimate of drug-likeness (QED) is 0.773. The number of piperidine rings is 1. The number of hydrogen-bond acceptors (Lipinski definition) is 3. The van der Waals surface area contributed by atoms with E-state index >= 15 is 0 Å². The van der Waals surface area contributed by atoms with Gasteiger partial charge in [-0.3, -0.25) is 9.69 Å². The van der Waals surface area contributed by atoms with Crippen LogP contribution in [0.4, 0.5) is 0 Å². The molecule has 92 valence electrons. The van der Waals surface area contributed by atoms with Crippen molar-refractivity contribution in [3.05, 3.63) is 0 Å². The van der Waals surface area contributed by atoms with E-state index in [0.717, 1.165) is 45.4 Å². The van der Waals surface area contributed by atoms with Crippen LogP contribution in [-0.2, 0) is 9.53 Å². The Balaban J connectivity index is 1.98. The molecule has 1 N–H and O–H groups in total. The minimum absolute atomic E-state index is 0.438. The zero-order chi connectivity index (χ0) is 11.6. The van der Waals surface area contributed by atoms with Crippen LogP contribution in [0.2, 0.25) is 0 Å². The second kappa shape index (κ2) is 4.72. The van der Waals surface area contributed by atoms with Crippen molar-refractivity contribution < 1.29 is 14.6 Å². The number of carboxylic acids is 1. The summed E-state index contributed by atoms with van der Waals surface area (Å²) in [5, 5.41) is 9.26. The van der Waals surface area contributed by atoms with Gasteiger partial charge in [0.15, 0.2) is 0 Å². The molecule has 16 heavy (non-hydrogen) atoms. The summed E-state index contributed by atoms with van der Waals surface area (Å²) < 4.78 is 5.47. The van der Waals surface area contributed by atoms with Gasteiger partial charge < -0.3 is 9.84 Å². The van der Waals surface area contributed by atoms with E-state index in [1.807, 2.05) is 6.92 Å². The van der Waals surface area contributed by atoms with Crippen molar-refractivity contribution >= 4 is 5.97 Å². The zero-order valence-corrected chi connectivity index (χ0v) is 9.95. The van der Waals surface area contributed by atoms with Crippen molar-refractivity contribution in [2.45, 2.75) is 38.6 Å². The number of aliphatic carboxylic acids is 1. The fraction of sp³-hybridized carbons (Fsp3) is 0.917. The number of hydrogen-bond donors (Lipinski definition) is 1. The van der Waals surface area contributed by atoms with Gasteiger partial charge in [-0.25, -0.2) is 0 Å². The Morgan fingerprint density at radius 3 is 2.94 bits per heavy atom. The van der Waals surface area contributed by atoms with Gasteiger partial charge in [0.1, 0.15) is 0 Å². The highest BCUT2D eigenvalue weighted by atomic mass is 16.5. The highest BCUT2D eigenvalue weighted by molar-refractivity contribution is 5.74. The fourth-order valence-electron chi connectivity index (χ4n) is 2.78. The number of rotatable bonds is 2. The van der Waals surface area contributed by atoms with Gasteiger partial charge in [-0.1, -0.05) is 0 Å². The largest absolute Gasteiger partial charge is 0.481 e. The lowest BCUT2D eigenvalue weighted by atomic mass is 9.81. The Hall–Kier alpha value is -0.610. The van der Waals surface area contributed by atoms with Crippen LogP contribution in [0.25, 0.3) is 0 Å². The predicted molar refractivity (Wildman–Crippen MR) is 60.4 cm³/mol. The van der Waals surface area contributed by atoms with Crippen molar-refractivity contribution in [1.29, 1.82) is 0 Å². The summed E-state index contributed by atoms with van der Waals surface area (Å²) >= 11 is 0. The van der Waals surface area contributed by atoms with E-state index in [1.54, 1.807) is 0 Å². The van der Waals surface area contributed by atoms with E-state index in [2.05, 4.69) is 4.90 Å². The molecule has 0 amide bonds. The van der Waals surface area contributed by atoms with Crippen molar-refractivity contribution in [2.24, 2.45) is 5.41 Å². The number of ether oxygens (including phenoxy) is 1. The van der Waals surface area contributed by atoms with Crippen LogP contribution in [0.3, 0.4) is 0 Å². The maximum atomic E-state index is 11.2. The molecule has 4 nitrogen and oxygen atoms in total. The van der Waals surface area contributed by atoms with E-state index in [1.165, 1.54) is 0 Å². The Bertz CT molecular complexity index is 263. The lowest BCUT2D eigenvalue weighted by molar-refractivity contribution is -0.152. The average Bonchev–Trinajstić information content (AvgIpc) is 2.30. The molecule has 0 aliphatic carbocycles. The molecule has 2 atom stereocenters. The zero-order valence-electron chi connectivity index (χ0n) is 9.95. The molecule has 2 aliphatic rings. The van der Waals surface area contributed by atoms with Crippen LogP contribution in [-0.4, -0.2) is 48.3 Å². The van der Waals surface area contributed by atoms with Gasteiger partial charge >= 0.3 is 5.97 Å². The van der Waals surface area contributed by atoms with Crippen molar-refractivity contribution in [3.8, 4) is 0 Å². The van der Waals surface area contributed by atoms with Gasteiger partial charge in [-0.2, -0.15) is 0 Å². The van der Waals surface area contributed by atoms with Gasteiger partial charge in [0.2, 0.25) is 0 Å². The number of nitrogens with zero attached hydrogens (tertiary/aromatic N) is 1. The average molecular weight is 227 g/mol. The van der Waals surface area contributed by atoms with E-state index in [9.17, 15) is 9.90 Å². The smallest absolute Gasteiger partial charge is 0.310 e. The Kier molecular flexibility index (Phi) is 3.50. The fourth-order valence-corrected chi connectivity index (χ4v) is 2.78. The normalized spacial score (nSPS) is 37.2. The topological polar surface area (TPSA) is 49.8 Å². The molecule has 0 spiro atoms. The van der Waals surface area contributed by atoms with E-state index < -0.39 is 11.4 Å². The third-order valence-corrected chi connectivity index (χ3v) is 3.89. The Labute approximate surface area is 96.6 Å². The van der Waals surface area contributed by atoms with Crippen LogP contribution >= 0.6 is 0 Å². The molecule has 0 radical (unpaired) electrons. The van der Waals surface area contributed by atoms with E-state index in [-0.39, 0.29) is 0 Å². The van der Waals surface area contributed by atoms with Crippen LogP contribution in [0, 0.1) is 5.41 Å². The minimum Gasteiger partial charge on any atom is -0.481 e. The second-order valence-corrected chi connectivity index (χ2v) is 5.31. The summed E-state index contributed by atoms with van der Waals surface area (Å²) in [5.41, 5.74) is -0.560. The Morgan fingerprint density at radius 1 is 1.50 bits per heavy atom. The molecule has 0 aromatic rings. The SMILES string of the molecule is CC1(C(=O)O)CCCN(C2CCCOC2)C1. The summed E-state index contributed by atoms with van der Waals surface area (Å²) in [7, 11) is 0. The first-order chi connectivity index (χ1) is 7.62. The van der Waals surface area contributed by atoms with Gasteiger partial charge in [0.05, 0.1) is 12.0 Å². The van der Waals surface area contributed by atoms with Crippen LogP contribution in [0.15, 0.2) is 0 Å².